The number of benzene rings is 1. The van der Waals surface area contributed by atoms with E-state index in [4.69, 9.17) is 0 Å². The molecule has 118 valence electrons. The third-order valence-corrected chi connectivity index (χ3v) is 3.34. The van der Waals surface area contributed by atoms with Crippen molar-refractivity contribution in [2.75, 3.05) is 12.4 Å². The molecular formula is C16H13F2N3O2. The lowest BCUT2D eigenvalue weighted by Crippen LogP contribution is -2.16. The van der Waals surface area contributed by atoms with Crippen molar-refractivity contribution in [1.29, 1.82) is 0 Å². The van der Waals surface area contributed by atoms with Crippen LogP contribution in [0.5, 0.6) is 5.75 Å². The zero-order chi connectivity index (χ0) is 16.4. The minimum Gasteiger partial charge on any atom is -0.491 e. The molecule has 0 saturated carbocycles. The van der Waals surface area contributed by atoms with Gasteiger partial charge in [0.15, 0.2) is 17.4 Å². The Balaban J connectivity index is 1.79. The lowest BCUT2D eigenvalue weighted by Gasteiger charge is -2.09. The first-order valence-corrected chi connectivity index (χ1v) is 6.82. The molecule has 1 amide bonds. The van der Waals surface area contributed by atoms with Crippen molar-refractivity contribution in [3.63, 3.8) is 0 Å². The van der Waals surface area contributed by atoms with E-state index in [1.165, 1.54) is 7.11 Å². The van der Waals surface area contributed by atoms with Gasteiger partial charge in [0.05, 0.1) is 13.5 Å². The number of pyridine rings is 1. The van der Waals surface area contributed by atoms with E-state index < -0.39 is 23.3 Å². The number of imidazole rings is 1. The summed E-state index contributed by atoms with van der Waals surface area (Å²) in [7, 11) is 1.17. The van der Waals surface area contributed by atoms with E-state index in [9.17, 15) is 13.6 Å². The predicted molar refractivity (Wildman–Crippen MR) is 80.4 cm³/mol. The lowest BCUT2D eigenvalue weighted by atomic mass is 10.2. The number of carbonyl (C=O) groups excluding carboxylic acids is 1. The summed E-state index contributed by atoms with van der Waals surface area (Å²) in [6.45, 7) is 0. The summed E-state index contributed by atoms with van der Waals surface area (Å²) < 4.78 is 33.6. The van der Waals surface area contributed by atoms with Gasteiger partial charge in [0.25, 0.3) is 0 Å². The van der Waals surface area contributed by atoms with Crippen molar-refractivity contribution in [2.45, 2.75) is 6.42 Å². The van der Waals surface area contributed by atoms with E-state index in [1.807, 2.05) is 6.07 Å². The van der Waals surface area contributed by atoms with Crippen LogP contribution in [0, 0.1) is 11.6 Å². The van der Waals surface area contributed by atoms with Crippen molar-refractivity contribution in [3.05, 3.63) is 60.1 Å². The highest BCUT2D eigenvalue weighted by atomic mass is 19.1. The van der Waals surface area contributed by atoms with E-state index in [2.05, 4.69) is 15.0 Å². The highest BCUT2D eigenvalue weighted by Gasteiger charge is 2.14. The Kier molecular flexibility index (Phi) is 3.92. The standard InChI is InChI=1S/C16H13F2N3O2/c1-23-16-12(17)7-10(8-13(16)18)20-15(22)9-11-3-2-4-14-19-5-6-21(11)14/h2-8H,9H2,1H3,(H,20,22). The van der Waals surface area contributed by atoms with Gasteiger partial charge in [-0.25, -0.2) is 13.8 Å². The summed E-state index contributed by atoms with van der Waals surface area (Å²) in [6.07, 6.45) is 3.42. The fraction of sp³-hybridized carbons (Fsp3) is 0.125. The molecule has 0 aliphatic heterocycles. The van der Waals surface area contributed by atoms with E-state index in [-0.39, 0.29) is 12.1 Å². The van der Waals surface area contributed by atoms with Crippen LogP contribution in [0.2, 0.25) is 0 Å². The fourth-order valence-electron chi connectivity index (χ4n) is 2.35. The lowest BCUT2D eigenvalue weighted by molar-refractivity contribution is -0.115. The third kappa shape index (κ3) is 2.98. The number of hydrogen-bond donors (Lipinski definition) is 1. The first-order chi connectivity index (χ1) is 11.1. The molecule has 0 atom stereocenters. The van der Waals surface area contributed by atoms with Crippen LogP contribution in [-0.4, -0.2) is 22.4 Å². The molecule has 5 nitrogen and oxygen atoms in total. The summed E-state index contributed by atoms with van der Waals surface area (Å²) in [6, 6.07) is 7.41. The number of halogens is 2. The Hall–Kier alpha value is -2.96. The molecule has 7 heteroatoms. The summed E-state index contributed by atoms with van der Waals surface area (Å²) in [5, 5.41) is 2.47. The smallest absolute Gasteiger partial charge is 0.230 e. The number of nitrogens with one attached hydrogen (secondary N) is 1. The molecule has 0 spiro atoms. The Morgan fingerprint density at radius 2 is 2.04 bits per heavy atom. The number of ether oxygens (including phenoxy) is 1. The number of nitrogens with zero attached hydrogens (tertiary/aromatic N) is 2. The van der Waals surface area contributed by atoms with Gasteiger partial charge in [-0.3, -0.25) is 4.79 Å². The fourth-order valence-corrected chi connectivity index (χ4v) is 2.35. The van der Waals surface area contributed by atoms with Gasteiger partial charge < -0.3 is 14.5 Å². The van der Waals surface area contributed by atoms with Crippen LogP contribution in [0.15, 0.2) is 42.7 Å². The summed E-state index contributed by atoms with van der Waals surface area (Å²) in [5.74, 6) is -2.62. The van der Waals surface area contributed by atoms with E-state index in [0.29, 0.717) is 5.69 Å². The Morgan fingerprint density at radius 3 is 2.74 bits per heavy atom. The van der Waals surface area contributed by atoms with Crippen LogP contribution in [0.1, 0.15) is 5.69 Å². The summed E-state index contributed by atoms with van der Waals surface area (Å²) >= 11 is 0. The second-order valence-electron chi connectivity index (χ2n) is 4.87. The number of aromatic nitrogens is 2. The van der Waals surface area contributed by atoms with E-state index in [1.54, 1.807) is 28.9 Å². The number of anilines is 1. The molecular weight excluding hydrogens is 304 g/mol. The Labute approximate surface area is 130 Å². The van der Waals surface area contributed by atoms with Crippen LogP contribution in [-0.2, 0) is 11.2 Å². The van der Waals surface area contributed by atoms with Gasteiger partial charge in [-0.15, -0.1) is 0 Å². The van der Waals surface area contributed by atoms with Gasteiger partial charge in [-0.05, 0) is 12.1 Å². The quantitative estimate of drug-likeness (QED) is 0.805. The molecule has 1 N–H and O–H groups in total. The number of hydrogen-bond acceptors (Lipinski definition) is 3. The minimum absolute atomic E-state index is 0.0311. The number of fused-ring (bicyclic) bond motifs is 1. The molecule has 0 unspecified atom stereocenters. The second-order valence-corrected chi connectivity index (χ2v) is 4.87. The maximum Gasteiger partial charge on any atom is 0.230 e. The number of carbonyl (C=O) groups is 1. The zero-order valence-corrected chi connectivity index (χ0v) is 12.2. The van der Waals surface area contributed by atoms with Gasteiger partial charge in [0.2, 0.25) is 5.91 Å². The molecule has 23 heavy (non-hydrogen) atoms. The normalized spacial score (nSPS) is 10.7. The minimum atomic E-state index is -0.875. The highest BCUT2D eigenvalue weighted by molar-refractivity contribution is 5.92. The average molecular weight is 317 g/mol. The third-order valence-electron chi connectivity index (χ3n) is 3.34. The van der Waals surface area contributed by atoms with Gasteiger partial charge in [0.1, 0.15) is 5.65 Å². The van der Waals surface area contributed by atoms with Gasteiger partial charge >= 0.3 is 0 Å². The molecule has 0 saturated heterocycles. The van der Waals surface area contributed by atoms with Crippen molar-refractivity contribution >= 4 is 17.2 Å². The molecule has 0 radical (unpaired) electrons. The number of methoxy groups -OCH3 is 1. The molecule has 3 rings (SSSR count). The van der Waals surface area contributed by atoms with E-state index in [0.717, 1.165) is 17.8 Å². The molecule has 1 aromatic carbocycles. The van der Waals surface area contributed by atoms with Crippen molar-refractivity contribution in [1.82, 2.24) is 9.38 Å². The first kappa shape index (κ1) is 15.0. The molecule has 0 aliphatic rings. The van der Waals surface area contributed by atoms with Crippen LogP contribution in [0.25, 0.3) is 5.65 Å². The van der Waals surface area contributed by atoms with Crippen molar-refractivity contribution < 1.29 is 18.3 Å². The summed E-state index contributed by atoms with van der Waals surface area (Å²) in [4.78, 5) is 16.2. The van der Waals surface area contributed by atoms with Crippen LogP contribution < -0.4 is 10.1 Å². The van der Waals surface area contributed by atoms with Gasteiger partial charge in [-0.2, -0.15) is 0 Å². The zero-order valence-electron chi connectivity index (χ0n) is 12.2. The molecule has 2 heterocycles. The second kappa shape index (κ2) is 6.04. The maximum absolute atomic E-state index is 13.6. The molecule has 0 aliphatic carbocycles. The molecule has 0 bridgehead atoms. The summed E-state index contributed by atoms with van der Waals surface area (Å²) in [5.41, 5.74) is 1.47. The molecule has 0 fully saturated rings. The SMILES string of the molecule is COc1c(F)cc(NC(=O)Cc2cccc3nccn23)cc1F. The number of amides is 1. The maximum atomic E-state index is 13.6. The molecule has 2 aromatic heterocycles. The van der Waals surface area contributed by atoms with Gasteiger partial charge in [0, 0.05) is 35.9 Å². The van der Waals surface area contributed by atoms with Crippen molar-refractivity contribution in [3.8, 4) is 5.75 Å². The average Bonchev–Trinajstić information content (AvgIpc) is 2.96. The first-order valence-electron chi connectivity index (χ1n) is 6.82. The number of rotatable bonds is 4. The van der Waals surface area contributed by atoms with E-state index >= 15 is 0 Å². The van der Waals surface area contributed by atoms with Crippen LogP contribution in [0.3, 0.4) is 0 Å². The highest BCUT2D eigenvalue weighted by Crippen LogP contribution is 2.25. The largest absolute Gasteiger partial charge is 0.491 e. The monoisotopic (exact) mass is 317 g/mol. The molecule has 3 aromatic rings. The Bertz CT molecular complexity index is 854. The van der Waals surface area contributed by atoms with Crippen LogP contribution >= 0.6 is 0 Å². The van der Waals surface area contributed by atoms with Crippen molar-refractivity contribution in [2.24, 2.45) is 0 Å². The van der Waals surface area contributed by atoms with Gasteiger partial charge in [-0.1, -0.05) is 6.07 Å². The topological polar surface area (TPSA) is 55.6 Å². The Morgan fingerprint density at radius 1 is 1.30 bits per heavy atom. The van der Waals surface area contributed by atoms with Crippen LogP contribution in [0.4, 0.5) is 14.5 Å². The predicted octanol–water partition coefficient (Wildman–Crippen LogP) is 2.80.